The Morgan fingerprint density at radius 1 is 0.863 bits per heavy atom. The molecule has 1 N–H and O–H groups in total. The number of fused-ring (bicyclic) bond motifs is 4. The zero-order valence-electron chi connectivity index (χ0n) is 42.4. The number of benzene rings is 1. The number of ether oxygens (including phenoxy) is 2. The largest absolute Gasteiger partial charge is 0.408 e. The summed E-state index contributed by atoms with van der Waals surface area (Å²) in [4.78, 5) is 54.3. The number of amides is 1. The second-order valence-electron chi connectivity index (χ2n) is 21.6. The first-order valence-electron chi connectivity index (χ1n) is 24.1. The van der Waals surface area contributed by atoms with Crippen LogP contribution >= 0.6 is 25.0 Å². The van der Waals surface area contributed by atoms with Crippen molar-refractivity contribution in [2.45, 2.75) is 140 Å². The zero-order valence-corrected chi connectivity index (χ0v) is 48.6. The summed E-state index contributed by atoms with van der Waals surface area (Å²) in [5.41, 5.74) is 2.61. The van der Waals surface area contributed by atoms with Crippen LogP contribution in [0.5, 0.6) is 0 Å². The van der Waals surface area contributed by atoms with E-state index in [0.717, 1.165) is 5.56 Å². The fourth-order valence-corrected chi connectivity index (χ4v) is 15.1. The van der Waals surface area contributed by atoms with E-state index in [0.29, 0.717) is 53.0 Å². The topological polar surface area (TPSA) is 202 Å². The predicted octanol–water partition coefficient (Wildman–Crippen LogP) is 9.29. The summed E-state index contributed by atoms with van der Waals surface area (Å²) in [7, 11) is -5.43. The van der Waals surface area contributed by atoms with Gasteiger partial charge < -0.3 is 46.2 Å². The van der Waals surface area contributed by atoms with Crippen LogP contribution in [0.4, 0.5) is 5.82 Å². The minimum atomic E-state index is -4.26. The Labute approximate surface area is 442 Å². The van der Waals surface area contributed by atoms with Crippen LogP contribution in [-0.2, 0) is 71.0 Å². The number of halogens is 1. The number of rotatable bonds is 10. The molecule has 0 saturated carbocycles. The van der Waals surface area contributed by atoms with Gasteiger partial charge in [0.25, 0.3) is 5.91 Å². The van der Waals surface area contributed by atoms with E-state index in [9.17, 15) is 9.69 Å². The Balaban J connectivity index is 1.15. The van der Waals surface area contributed by atoms with Gasteiger partial charge in [-0.3, -0.25) is 23.3 Å². The lowest BCUT2D eigenvalue weighted by atomic mass is 10.1. The van der Waals surface area contributed by atoms with E-state index in [1.807, 2.05) is 29.0 Å². The van der Waals surface area contributed by atoms with Crippen molar-refractivity contribution in [1.29, 1.82) is 0 Å². The molecule has 394 valence electrons. The Hall–Kier alpha value is -3.03. The molecule has 4 aliphatic heterocycles. The van der Waals surface area contributed by atoms with Crippen LogP contribution in [0.25, 0.3) is 27.0 Å². The molecular weight excluding hydrogens is 1070 g/mol. The highest BCUT2D eigenvalue weighted by Crippen LogP contribution is 2.58. The molecule has 9 rings (SSSR count). The second-order valence-corrected chi connectivity index (χ2v) is 37.2. The zero-order chi connectivity index (χ0) is 52.5. The van der Waals surface area contributed by atoms with Crippen molar-refractivity contribution in [3.63, 3.8) is 0 Å². The second kappa shape index (κ2) is 20.7. The fourth-order valence-electron chi connectivity index (χ4n) is 8.85. The molecule has 10 atom stereocenters. The molecule has 73 heavy (non-hydrogen) atoms. The molecule has 20 nitrogen and oxygen atoms in total. The van der Waals surface area contributed by atoms with Crippen molar-refractivity contribution < 1.29 is 50.6 Å². The highest BCUT2D eigenvalue weighted by molar-refractivity contribution is 8.07. The molecule has 0 spiro atoms. The van der Waals surface area contributed by atoms with Gasteiger partial charge in [-0.05, 0) is 90.4 Å². The van der Waals surface area contributed by atoms with Gasteiger partial charge in [0.05, 0.1) is 24.9 Å². The molecule has 2 unspecified atom stereocenters. The summed E-state index contributed by atoms with van der Waals surface area (Å²) in [6.07, 6.45) is -0.634. The molecule has 3 fully saturated rings. The third-order valence-corrected chi connectivity index (χ3v) is 27.8. The third kappa shape index (κ3) is 11.0. The van der Waals surface area contributed by atoms with Gasteiger partial charge in [0.15, 0.2) is 39.9 Å². The maximum atomic E-state index is 14.1. The average Bonchev–Trinajstić information content (AvgIpc) is 4.05. The van der Waals surface area contributed by atoms with E-state index in [1.165, 1.54) is 19.0 Å². The monoisotopic (exact) mass is 1130 g/mol. The molecule has 4 aromatic heterocycles. The van der Waals surface area contributed by atoms with Crippen LogP contribution < -0.4 is 4.90 Å². The van der Waals surface area contributed by atoms with Crippen molar-refractivity contribution >= 4 is 99.2 Å². The number of nitrogens with zero attached hydrogens (tertiary/aromatic N) is 9. The van der Waals surface area contributed by atoms with Gasteiger partial charge in [0.1, 0.15) is 72.9 Å². The van der Waals surface area contributed by atoms with Crippen molar-refractivity contribution in [1.82, 2.24) is 34.1 Å². The molecule has 1 amide bonds. The highest BCUT2D eigenvalue weighted by atomic mass is 35.5. The van der Waals surface area contributed by atoms with Crippen molar-refractivity contribution in [2.75, 3.05) is 37.8 Å². The van der Waals surface area contributed by atoms with Crippen LogP contribution in [-0.4, -0.2) is 131 Å². The van der Waals surface area contributed by atoms with Crippen LogP contribution in [0.1, 0.15) is 76.3 Å². The maximum absolute atomic E-state index is 14.1. The van der Waals surface area contributed by atoms with Crippen LogP contribution in [0, 0.1) is 6.57 Å². The van der Waals surface area contributed by atoms with Gasteiger partial charge in [-0.25, -0.2) is 31.5 Å². The lowest BCUT2D eigenvalue weighted by Crippen LogP contribution is -2.50. The smallest absolute Gasteiger partial charge is 0.328 e. The molecule has 0 aliphatic carbocycles. The molecule has 5 aromatic rings. The molecule has 3 saturated heterocycles. The van der Waals surface area contributed by atoms with Gasteiger partial charge in [-0.2, -0.15) is 0 Å². The van der Waals surface area contributed by atoms with Gasteiger partial charge in [0.2, 0.25) is 6.54 Å². The predicted molar refractivity (Wildman–Crippen MR) is 286 cm³/mol. The van der Waals surface area contributed by atoms with E-state index in [-0.39, 0.29) is 47.5 Å². The lowest BCUT2D eigenvalue weighted by Gasteiger charge is -2.41. The third-order valence-electron chi connectivity index (χ3n) is 14.7. The number of imidazole rings is 1. The summed E-state index contributed by atoms with van der Waals surface area (Å²) in [6, 6.07) is 9.11. The first kappa shape index (κ1) is 54.8. The van der Waals surface area contributed by atoms with E-state index >= 15 is 0 Å². The number of aromatic nitrogens is 7. The molecular formula is C46H62ClN9O11P2S2Si2. The fraction of sp³-hybridized carbons (Fsp3) is 0.587. The Bertz CT molecular complexity index is 3010. The summed E-state index contributed by atoms with van der Waals surface area (Å²) in [6.45, 7) is 20.1. The number of aryl methyl sites for hydroxylation is 1. The summed E-state index contributed by atoms with van der Waals surface area (Å²) >= 11 is 18.8. The first-order chi connectivity index (χ1) is 34.3. The maximum Gasteiger partial charge on any atom is 0.328 e. The number of carbonyl (C=O) groups excluding carboxylic acids is 1. The van der Waals surface area contributed by atoms with E-state index in [1.54, 1.807) is 21.6 Å². The summed E-state index contributed by atoms with van der Waals surface area (Å²) in [5, 5.41) is 0.235. The molecule has 8 heterocycles. The minimum absolute atomic E-state index is 0.0392. The molecule has 4 aliphatic rings. The Kier molecular flexibility index (Phi) is 15.6. The minimum Gasteiger partial charge on any atom is -0.408 e. The first-order valence-corrected chi connectivity index (χ1v) is 35.4. The van der Waals surface area contributed by atoms with Crippen molar-refractivity contribution in [3.05, 3.63) is 83.2 Å². The number of hydrogen-bond acceptors (Lipinski definition) is 17. The quantitative estimate of drug-likeness (QED) is 0.0455. The Morgan fingerprint density at radius 3 is 2.22 bits per heavy atom. The van der Waals surface area contributed by atoms with Crippen molar-refractivity contribution in [2.24, 2.45) is 0 Å². The lowest BCUT2D eigenvalue weighted by molar-refractivity contribution is -0.0618. The molecule has 2 bridgehead atoms. The molecule has 1 aromatic carbocycles. The van der Waals surface area contributed by atoms with Gasteiger partial charge in [0, 0.05) is 18.3 Å². The average molecular weight is 1130 g/mol. The van der Waals surface area contributed by atoms with Crippen LogP contribution in [0.2, 0.25) is 41.4 Å². The highest BCUT2D eigenvalue weighted by Gasteiger charge is 2.57. The SMILES string of the molecule is [C-]#[N+]CCOP1(=S)OC[C@H]2O[C@@H](n3cc4c5c(ncnc53)N(C(=O)c3ccccc3)CCC4)[C@H](O[Si](C)(C)C(C)(C)C)[C@@H]2OP(O)(=S)OC[C@H]2O[C@@H](n3cnc4c(Cl)ncnc43)[C@H](O1)[C@@H]2O[Si](C)(C)C(C)(C)C. The molecule has 27 heteroatoms. The normalized spacial score (nSPS) is 29.5. The van der Waals surface area contributed by atoms with Crippen molar-refractivity contribution in [3.8, 4) is 0 Å². The van der Waals surface area contributed by atoms with Crippen LogP contribution in [0.15, 0.2) is 55.5 Å². The van der Waals surface area contributed by atoms with Crippen LogP contribution in [0.3, 0.4) is 0 Å². The van der Waals surface area contributed by atoms with Gasteiger partial charge in [-0.15, -0.1) is 0 Å². The van der Waals surface area contributed by atoms with Gasteiger partial charge in [-0.1, -0.05) is 71.3 Å². The standard InChI is InChI=1S/C46H62ClN9O11P2S2Si2/c1-45(2,3)72(8,9)66-35-31-23-60-68(58,70)64-34-30(24-61-69(71,59-21-19-48-7)65-36(35)43(63-31)56-27-53-33-38(47)49-25-52-41(33)56)62-44(37(34)67-73(10,11)46(4,5)6)55-22-29-18-15-20-54(39-32(29)40(55)51-26-50-39)42(57)28-16-13-12-14-17-28/h12-14,16-17,22,25-27,30-31,34-37,43-44H,15,18-21,23-24H2,1-6,8-11H3,(H,58,70)/t30-,31-,34-,35-,36-,37-,43-,44-,68?,69?/m1/s1. The molecule has 0 radical (unpaired) electrons. The number of carbonyl (C=O) groups is 1. The Morgan fingerprint density at radius 2 is 1.52 bits per heavy atom. The van der Waals surface area contributed by atoms with E-state index < -0.39 is 79.2 Å². The summed E-state index contributed by atoms with van der Waals surface area (Å²) < 4.78 is 65.2. The summed E-state index contributed by atoms with van der Waals surface area (Å²) in [5.74, 6) is 0.298. The van der Waals surface area contributed by atoms with E-state index in [2.05, 4.69) is 87.5 Å². The van der Waals surface area contributed by atoms with Gasteiger partial charge >= 0.3 is 13.4 Å². The number of hydrogen-bond donors (Lipinski definition) is 1. The number of anilines is 1. The van der Waals surface area contributed by atoms with E-state index in [4.69, 9.17) is 92.7 Å².